The number of carbonyl (C=O) groups excluding carboxylic acids is 1. The van der Waals surface area contributed by atoms with Crippen LogP contribution in [0.25, 0.3) is 0 Å². The van der Waals surface area contributed by atoms with Crippen LogP contribution in [-0.2, 0) is 12.8 Å². The van der Waals surface area contributed by atoms with Gasteiger partial charge < -0.3 is 14.9 Å². The molecule has 2 aliphatic rings. The molecule has 2 unspecified atom stereocenters. The van der Waals surface area contributed by atoms with Crippen molar-refractivity contribution < 1.29 is 23.1 Å². The van der Waals surface area contributed by atoms with Crippen molar-refractivity contribution in [2.24, 2.45) is 0 Å². The lowest BCUT2D eigenvalue weighted by Gasteiger charge is -2.36. The number of aryl methyl sites for hydroxylation is 1. The second-order valence-corrected chi connectivity index (χ2v) is 9.29. The van der Waals surface area contributed by atoms with Gasteiger partial charge in [-0.15, -0.1) is 0 Å². The molecule has 0 spiro atoms. The number of hydrogen-bond donors (Lipinski definition) is 2. The number of amides is 1. The normalized spacial score (nSPS) is 20.4. The number of anilines is 1. The number of nitrogens with zero attached hydrogens (tertiary/aromatic N) is 3. The van der Waals surface area contributed by atoms with Gasteiger partial charge in [-0.25, -0.2) is 0 Å². The standard InChI is InChI=1S/C23H29F3N4O2/c1-14-18(5-4-6-20(14)29(3)13-22(2,32)23(24,25)26)21(31)30(16-7-8-16)17-9-10-19-15(11-17)12-27-28-19/h4-6,12,16-17,32H,7-11,13H2,1-3H3,(H,27,28). The van der Waals surface area contributed by atoms with Crippen molar-refractivity contribution in [3.63, 3.8) is 0 Å². The number of likely N-dealkylation sites (N-methyl/N-ethyl adjacent to an activating group) is 1. The van der Waals surface area contributed by atoms with Crippen molar-refractivity contribution in [2.75, 3.05) is 18.5 Å². The molecule has 2 N–H and O–H groups in total. The number of aliphatic hydroxyl groups is 1. The highest BCUT2D eigenvalue weighted by molar-refractivity contribution is 5.97. The molecule has 9 heteroatoms. The van der Waals surface area contributed by atoms with Crippen LogP contribution >= 0.6 is 0 Å². The van der Waals surface area contributed by atoms with E-state index in [1.54, 1.807) is 25.1 Å². The van der Waals surface area contributed by atoms with Crippen molar-refractivity contribution in [1.29, 1.82) is 0 Å². The van der Waals surface area contributed by atoms with Gasteiger partial charge in [-0.3, -0.25) is 9.89 Å². The number of aromatic nitrogens is 2. The monoisotopic (exact) mass is 450 g/mol. The average Bonchev–Trinajstić information content (AvgIpc) is 3.42. The fourth-order valence-electron chi connectivity index (χ4n) is 4.66. The molecule has 0 bridgehead atoms. The lowest BCUT2D eigenvalue weighted by molar-refractivity contribution is -0.248. The summed E-state index contributed by atoms with van der Waals surface area (Å²) < 4.78 is 39.5. The summed E-state index contributed by atoms with van der Waals surface area (Å²) in [5.74, 6) is -0.0835. The number of H-pyrrole nitrogens is 1. The van der Waals surface area contributed by atoms with Gasteiger partial charge in [0, 0.05) is 36.1 Å². The minimum atomic E-state index is -4.75. The Morgan fingerprint density at radius 1 is 1.25 bits per heavy atom. The third kappa shape index (κ3) is 4.22. The average molecular weight is 451 g/mol. The van der Waals surface area contributed by atoms with Gasteiger partial charge in [-0.2, -0.15) is 18.3 Å². The smallest absolute Gasteiger partial charge is 0.379 e. The zero-order valence-electron chi connectivity index (χ0n) is 18.5. The number of nitrogens with one attached hydrogen (secondary N) is 1. The third-order valence-corrected chi connectivity index (χ3v) is 6.66. The number of hydrogen-bond acceptors (Lipinski definition) is 4. The number of carbonyl (C=O) groups is 1. The molecule has 1 heterocycles. The minimum absolute atomic E-state index is 0.0758. The molecule has 2 aromatic rings. The van der Waals surface area contributed by atoms with E-state index in [1.165, 1.54) is 11.9 Å². The molecule has 1 amide bonds. The maximum atomic E-state index is 13.7. The number of benzene rings is 1. The van der Waals surface area contributed by atoms with E-state index in [2.05, 4.69) is 10.2 Å². The highest BCUT2D eigenvalue weighted by Gasteiger charge is 2.50. The van der Waals surface area contributed by atoms with E-state index < -0.39 is 18.3 Å². The van der Waals surface area contributed by atoms with E-state index in [9.17, 15) is 23.1 Å². The first-order valence-electron chi connectivity index (χ1n) is 10.9. The maximum Gasteiger partial charge on any atom is 0.418 e. The third-order valence-electron chi connectivity index (χ3n) is 6.66. The summed E-state index contributed by atoms with van der Waals surface area (Å²) >= 11 is 0. The zero-order chi connectivity index (χ0) is 23.3. The van der Waals surface area contributed by atoms with Crippen molar-refractivity contribution in [3.05, 3.63) is 46.8 Å². The van der Waals surface area contributed by atoms with Crippen molar-refractivity contribution in [3.8, 4) is 0 Å². The summed E-state index contributed by atoms with van der Waals surface area (Å²) in [4.78, 5) is 17.0. The number of halogens is 3. The second kappa shape index (κ2) is 8.10. The molecular weight excluding hydrogens is 421 g/mol. The molecule has 2 atom stereocenters. The van der Waals surface area contributed by atoms with Crippen LogP contribution in [-0.4, -0.2) is 63.6 Å². The minimum Gasteiger partial charge on any atom is -0.379 e. The van der Waals surface area contributed by atoms with Gasteiger partial charge in [0.25, 0.3) is 5.91 Å². The first kappa shape index (κ1) is 22.6. The van der Waals surface area contributed by atoms with Crippen LogP contribution in [0.4, 0.5) is 18.9 Å². The largest absolute Gasteiger partial charge is 0.418 e. The molecule has 6 nitrogen and oxygen atoms in total. The summed E-state index contributed by atoms with van der Waals surface area (Å²) in [6, 6.07) is 5.38. The van der Waals surface area contributed by atoms with Gasteiger partial charge in [-0.1, -0.05) is 6.07 Å². The Bertz CT molecular complexity index is 997. The summed E-state index contributed by atoms with van der Waals surface area (Å²) in [6.45, 7) is 1.88. The van der Waals surface area contributed by atoms with Crippen LogP contribution < -0.4 is 4.90 Å². The van der Waals surface area contributed by atoms with E-state index in [4.69, 9.17) is 0 Å². The Hall–Kier alpha value is -2.55. The predicted octanol–water partition coefficient (Wildman–Crippen LogP) is 3.63. The molecule has 32 heavy (non-hydrogen) atoms. The Morgan fingerprint density at radius 2 is 1.97 bits per heavy atom. The molecule has 0 saturated heterocycles. The Balaban J connectivity index is 1.58. The van der Waals surface area contributed by atoms with Gasteiger partial charge in [-0.05, 0) is 69.2 Å². The van der Waals surface area contributed by atoms with Crippen LogP contribution in [0.5, 0.6) is 0 Å². The predicted molar refractivity (Wildman–Crippen MR) is 115 cm³/mol. The van der Waals surface area contributed by atoms with Crippen LogP contribution in [0.3, 0.4) is 0 Å². The first-order valence-corrected chi connectivity index (χ1v) is 10.9. The molecule has 1 aromatic heterocycles. The van der Waals surface area contributed by atoms with Gasteiger partial charge in [0.1, 0.15) is 0 Å². The Kier molecular flexibility index (Phi) is 5.73. The van der Waals surface area contributed by atoms with Gasteiger partial charge in [0.15, 0.2) is 5.60 Å². The molecular formula is C23H29F3N4O2. The van der Waals surface area contributed by atoms with Crippen molar-refractivity contribution in [1.82, 2.24) is 15.1 Å². The summed E-state index contributed by atoms with van der Waals surface area (Å²) in [5, 5.41) is 17.0. The highest BCUT2D eigenvalue weighted by Crippen LogP contribution is 2.36. The van der Waals surface area contributed by atoms with Crippen molar-refractivity contribution in [2.45, 2.75) is 69.8 Å². The number of alkyl halides is 3. The number of fused-ring (bicyclic) bond motifs is 1. The Labute approximate surface area is 185 Å². The molecule has 0 aliphatic heterocycles. The van der Waals surface area contributed by atoms with Crippen LogP contribution in [0.2, 0.25) is 0 Å². The molecule has 2 aliphatic carbocycles. The summed E-state index contributed by atoms with van der Waals surface area (Å²) in [7, 11) is 1.50. The number of aromatic amines is 1. The molecule has 1 saturated carbocycles. The first-order chi connectivity index (χ1) is 15.0. The molecule has 4 rings (SSSR count). The second-order valence-electron chi connectivity index (χ2n) is 9.29. The summed E-state index contributed by atoms with van der Waals surface area (Å²) in [6.07, 6.45) is 1.44. The summed E-state index contributed by atoms with van der Waals surface area (Å²) in [5.41, 5.74) is 1.00. The lowest BCUT2D eigenvalue weighted by Crippen LogP contribution is -2.50. The van der Waals surface area contributed by atoms with Crippen LogP contribution in [0.1, 0.15) is 53.4 Å². The highest BCUT2D eigenvalue weighted by atomic mass is 19.4. The lowest BCUT2D eigenvalue weighted by atomic mass is 9.91. The van der Waals surface area contributed by atoms with E-state index in [-0.39, 0.29) is 18.0 Å². The zero-order valence-corrected chi connectivity index (χ0v) is 18.5. The fraction of sp³-hybridized carbons (Fsp3) is 0.565. The SMILES string of the molecule is Cc1c(C(=O)N(C2CC2)C2CCc3[nH]ncc3C2)cccc1N(C)CC(C)(O)C(F)(F)F. The molecule has 0 radical (unpaired) electrons. The van der Waals surface area contributed by atoms with Crippen LogP contribution in [0.15, 0.2) is 24.4 Å². The molecule has 174 valence electrons. The quantitative estimate of drug-likeness (QED) is 0.705. The van der Waals surface area contributed by atoms with E-state index >= 15 is 0 Å². The van der Waals surface area contributed by atoms with Crippen molar-refractivity contribution >= 4 is 11.6 Å². The van der Waals surface area contributed by atoms with Gasteiger partial charge in [0.05, 0.1) is 12.7 Å². The molecule has 1 aromatic carbocycles. The fourth-order valence-corrected chi connectivity index (χ4v) is 4.66. The molecule has 1 fully saturated rings. The van der Waals surface area contributed by atoms with Gasteiger partial charge in [0.2, 0.25) is 0 Å². The topological polar surface area (TPSA) is 72.5 Å². The van der Waals surface area contributed by atoms with E-state index in [1.807, 2.05) is 11.1 Å². The van der Waals surface area contributed by atoms with E-state index in [0.717, 1.165) is 50.3 Å². The Morgan fingerprint density at radius 3 is 2.62 bits per heavy atom. The van der Waals surface area contributed by atoms with Crippen LogP contribution in [0, 0.1) is 6.92 Å². The van der Waals surface area contributed by atoms with Gasteiger partial charge >= 0.3 is 6.18 Å². The van der Waals surface area contributed by atoms with E-state index in [0.29, 0.717) is 16.8 Å². The maximum absolute atomic E-state index is 13.7. The number of rotatable bonds is 6.